The first-order chi connectivity index (χ1) is 11.5. The Bertz CT molecular complexity index is 723. The molecule has 0 aliphatic heterocycles. The predicted molar refractivity (Wildman–Crippen MR) is 93.7 cm³/mol. The molecule has 0 radical (unpaired) electrons. The molecule has 1 unspecified atom stereocenters. The number of aryl methyl sites for hydroxylation is 1. The molecule has 2 rings (SSSR count). The second-order valence-electron chi connectivity index (χ2n) is 5.79. The molecule has 6 nitrogen and oxygen atoms in total. The van der Waals surface area contributed by atoms with Crippen LogP contribution in [-0.2, 0) is 17.8 Å². The Hall–Kier alpha value is -2.34. The number of hydrogen-bond donors (Lipinski definition) is 2. The smallest absolute Gasteiger partial charge is 0.321 e. The summed E-state index contributed by atoms with van der Waals surface area (Å²) in [5.41, 5.74) is 1.95. The van der Waals surface area contributed by atoms with Gasteiger partial charge < -0.3 is 9.73 Å². The molecule has 6 heteroatoms. The Labute approximate surface area is 142 Å². The van der Waals surface area contributed by atoms with Crippen molar-refractivity contribution < 1.29 is 14.0 Å². The minimum Gasteiger partial charge on any atom is -0.461 e. The van der Waals surface area contributed by atoms with Gasteiger partial charge in [-0.2, -0.15) is 0 Å². The van der Waals surface area contributed by atoms with Crippen molar-refractivity contribution in [3.05, 3.63) is 35.6 Å². The standard InChI is InChI=1S/C18H25N3O3/c1-5-15-14(13-9-7-8-10-16(13)24-15)11-21(4)12(3)17(22)20-18(23)19-6-2/h7-10,12H,5-6,11H2,1-4H3,(H2,19,20,22,23). The van der Waals surface area contributed by atoms with Crippen molar-refractivity contribution >= 4 is 22.9 Å². The molecular weight excluding hydrogens is 306 g/mol. The third-order valence-electron chi connectivity index (χ3n) is 4.13. The molecule has 24 heavy (non-hydrogen) atoms. The van der Waals surface area contributed by atoms with E-state index in [-0.39, 0.29) is 5.91 Å². The topological polar surface area (TPSA) is 74.6 Å². The first-order valence-electron chi connectivity index (χ1n) is 8.26. The van der Waals surface area contributed by atoms with Gasteiger partial charge in [0.25, 0.3) is 0 Å². The minimum atomic E-state index is -0.467. The number of imide groups is 1. The lowest BCUT2D eigenvalue weighted by molar-refractivity contribution is -0.124. The molecule has 0 saturated heterocycles. The van der Waals surface area contributed by atoms with Crippen molar-refractivity contribution in [1.29, 1.82) is 0 Å². The van der Waals surface area contributed by atoms with Gasteiger partial charge in [-0.3, -0.25) is 15.0 Å². The van der Waals surface area contributed by atoms with Crippen molar-refractivity contribution in [3.8, 4) is 0 Å². The molecule has 130 valence electrons. The lowest BCUT2D eigenvalue weighted by Crippen LogP contribution is -2.48. The van der Waals surface area contributed by atoms with E-state index in [2.05, 4.69) is 10.6 Å². The first-order valence-corrected chi connectivity index (χ1v) is 8.26. The SMILES string of the molecule is CCNC(=O)NC(=O)C(C)N(C)Cc1c(CC)oc2ccccc12. The largest absolute Gasteiger partial charge is 0.461 e. The number of furan rings is 1. The van der Waals surface area contributed by atoms with Gasteiger partial charge >= 0.3 is 6.03 Å². The number of carbonyl (C=O) groups excluding carboxylic acids is 2. The zero-order valence-corrected chi connectivity index (χ0v) is 14.7. The summed E-state index contributed by atoms with van der Waals surface area (Å²) in [6.45, 7) is 6.68. The quantitative estimate of drug-likeness (QED) is 0.853. The first kappa shape index (κ1) is 18.0. The van der Waals surface area contributed by atoms with E-state index in [0.717, 1.165) is 28.7 Å². The summed E-state index contributed by atoms with van der Waals surface area (Å²) >= 11 is 0. The van der Waals surface area contributed by atoms with Crippen LogP contribution in [0.4, 0.5) is 4.79 Å². The lowest BCUT2D eigenvalue weighted by Gasteiger charge is -2.23. The fourth-order valence-electron chi connectivity index (χ4n) is 2.62. The van der Waals surface area contributed by atoms with Crippen LogP contribution in [0.25, 0.3) is 11.0 Å². The Morgan fingerprint density at radius 3 is 2.62 bits per heavy atom. The zero-order chi connectivity index (χ0) is 17.7. The Morgan fingerprint density at radius 1 is 1.25 bits per heavy atom. The third kappa shape index (κ3) is 3.94. The van der Waals surface area contributed by atoms with Crippen LogP contribution < -0.4 is 10.6 Å². The van der Waals surface area contributed by atoms with Crippen molar-refractivity contribution in [2.45, 2.75) is 39.8 Å². The van der Waals surface area contributed by atoms with Crippen LogP contribution in [0, 0.1) is 0 Å². The Kier molecular flexibility index (Phi) is 5.98. The van der Waals surface area contributed by atoms with Crippen LogP contribution in [0.1, 0.15) is 32.1 Å². The predicted octanol–water partition coefficient (Wildman–Crippen LogP) is 2.66. The fourth-order valence-corrected chi connectivity index (χ4v) is 2.62. The molecule has 1 atom stereocenters. The van der Waals surface area contributed by atoms with Crippen molar-refractivity contribution in [3.63, 3.8) is 0 Å². The lowest BCUT2D eigenvalue weighted by atomic mass is 10.1. The number of urea groups is 1. The molecule has 1 aromatic carbocycles. The van der Waals surface area contributed by atoms with Crippen LogP contribution in [0.15, 0.2) is 28.7 Å². The van der Waals surface area contributed by atoms with Crippen molar-refractivity contribution in [1.82, 2.24) is 15.5 Å². The van der Waals surface area contributed by atoms with Crippen LogP contribution in [0.3, 0.4) is 0 Å². The van der Waals surface area contributed by atoms with Gasteiger partial charge in [-0.25, -0.2) is 4.79 Å². The average molecular weight is 331 g/mol. The average Bonchev–Trinajstić information content (AvgIpc) is 2.92. The highest BCUT2D eigenvalue weighted by Gasteiger charge is 2.22. The third-order valence-corrected chi connectivity index (χ3v) is 4.13. The van der Waals surface area contributed by atoms with Crippen LogP contribution in [0.5, 0.6) is 0 Å². The van der Waals surface area contributed by atoms with Crippen molar-refractivity contribution in [2.24, 2.45) is 0 Å². The number of carbonyl (C=O) groups is 2. The monoisotopic (exact) mass is 331 g/mol. The summed E-state index contributed by atoms with van der Waals surface area (Å²) in [7, 11) is 1.86. The van der Waals surface area contributed by atoms with E-state index >= 15 is 0 Å². The van der Waals surface area contributed by atoms with E-state index in [9.17, 15) is 9.59 Å². The number of rotatable bonds is 6. The molecule has 2 N–H and O–H groups in total. The minimum absolute atomic E-state index is 0.325. The molecule has 0 bridgehead atoms. The second-order valence-corrected chi connectivity index (χ2v) is 5.79. The van der Waals surface area contributed by atoms with E-state index in [1.165, 1.54) is 0 Å². The normalized spacial score (nSPS) is 12.4. The van der Waals surface area contributed by atoms with Gasteiger partial charge in [0.05, 0.1) is 6.04 Å². The summed E-state index contributed by atoms with van der Waals surface area (Å²) in [5.74, 6) is 0.605. The highest BCUT2D eigenvalue weighted by Crippen LogP contribution is 2.27. The van der Waals surface area contributed by atoms with Gasteiger partial charge in [-0.05, 0) is 27.0 Å². The van der Waals surface area contributed by atoms with E-state index in [0.29, 0.717) is 13.1 Å². The molecule has 0 spiro atoms. The molecule has 2 aromatic rings. The molecule has 0 aliphatic carbocycles. The summed E-state index contributed by atoms with van der Waals surface area (Å²) in [6, 6.07) is 6.99. The number of fused-ring (bicyclic) bond motifs is 1. The fraction of sp³-hybridized carbons (Fsp3) is 0.444. The van der Waals surface area contributed by atoms with Crippen LogP contribution >= 0.6 is 0 Å². The van der Waals surface area contributed by atoms with Crippen molar-refractivity contribution in [2.75, 3.05) is 13.6 Å². The molecule has 0 fully saturated rings. The number of hydrogen-bond acceptors (Lipinski definition) is 4. The molecule has 3 amide bonds. The number of likely N-dealkylation sites (N-methyl/N-ethyl adjacent to an activating group) is 1. The van der Waals surface area contributed by atoms with E-state index < -0.39 is 12.1 Å². The molecule has 0 aliphatic rings. The molecule has 1 aromatic heterocycles. The van der Waals surface area contributed by atoms with Gasteiger partial charge in [0.1, 0.15) is 11.3 Å². The maximum atomic E-state index is 12.2. The number of amides is 3. The van der Waals surface area contributed by atoms with E-state index in [1.807, 2.05) is 43.1 Å². The van der Waals surface area contributed by atoms with Gasteiger partial charge in [-0.1, -0.05) is 25.1 Å². The van der Waals surface area contributed by atoms with Gasteiger partial charge in [0.15, 0.2) is 0 Å². The van der Waals surface area contributed by atoms with E-state index in [4.69, 9.17) is 4.42 Å². The second kappa shape index (κ2) is 7.97. The van der Waals surface area contributed by atoms with Crippen LogP contribution in [-0.4, -0.2) is 36.5 Å². The summed E-state index contributed by atoms with van der Waals surface area (Å²) in [6.07, 6.45) is 0.789. The Morgan fingerprint density at radius 2 is 1.96 bits per heavy atom. The van der Waals surface area contributed by atoms with Crippen LogP contribution in [0.2, 0.25) is 0 Å². The summed E-state index contributed by atoms with van der Waals surface area (Å²) in [4.78, 5) is 25.6. The van der Waals surface area contributed by atoms with E-state index in [1.54, 1.807) is 13.8 Å². The number of benzene rings is 1. The van der Waals surface area contributed by atoms with Gasteiger partial charge in [-0.15, -0.1) is 0 Å². The maximum absolute atomic E-state index is 12.2. The molecule has 1 heterocycles. The number of para-hydroxylation sites is 1. The number of nitrogens with one attached hydrogen (secondary N) is 2. The molecular formula is C18H25N3O3. The Balaban J connectivity index is 2.12. The maximum Gasteiger partial charge on any atom is 0.321 e. The van der Waals surface area contributed by atoms with Gasteiger partial charge in [0.2, 0.25) is 5.91 Å². The zero-order valence-electron chi connectivity index (χ0n) is 14.7. The highest BCUT2D eigenvalue weighted by molar-refractivity contribution is 5.96. The molecule has 0 saturated carbocycles. The highest BCUT2D eigenvalue weighted by atomic mass is 16.3. The number of nitrogens with zero attached hydrogens (tertiary/aromatic N) is 1. The van der Waals surface area contributed by atoms with Gasteiger partial charge in [0, 0.05) is 30.5 Å². The summed E-state index contributed by atoms with van der Waals surface area (Å²) in [5, 5.41) is 5.97. The summed E-state index contributed by atoms with van der Waals surface area (Å²) < 4.78 is 5.89.